The van der Waals surface area contributed by atoms with Crippen LogP contribution in [0.4, 0.5) is 0 Å². The Morgan fingerprint density at radius 2 is 2.06 bits per heavy atom. The van der Waals surface area contributed by atoms with Gasteiger partial charge in [0.25, 0.3) is 0 Å². The first-order valence-corrected chi connectivity index (χ1v) is 6.78. The maximum Gasteiger partial charge on any atom is 0.134 e. The topological polar surface area (TPSA) is 18.5 Å². The lowest BCUT2D eigenvalue weighted by Gasteiger charge is -2.22. The smallest absolute Gasteiger partial charge is 0.134 e. The van der Waals surface area contributed by atoms with Gasteiger partial charge in [-0.15, -0.1) is 11.6 Å². The third-order valence-corrected chi connectivity index (χ3v) is 3.13. The summed E-state index contributed by atoms with van der Waals surface area (Å²) in [6.45, 7) is 2.44. The summed E-state index contributed by atoms with van der Waals surface area (Å²) in [5.74, 6) is 7.66. The first-order valence-electron chi connectivity index (χ1n) is 6.24. The molecule has 1 saturated heterocycles. The number of para-hydroxylation sites is 1. The zero-order chi connectivity index (χ0) is 12.6. The number of ether oxygens (including phenoxy) is 2. The van der Waals surface area contributed by atoms with Crippen molar-refractivity contribution in [3.8, 4) is 17.6 Å². The van der Waals surface area contributed by atoms with Crippen LogP contribution >= 0.6 is 11.6 Å². The maximum atomic E-state index is 5.87. The van der Waals surface area contributed by atoms with Crippen LogP contribution in [0.15, 0.2) is 24.3 Å². The molecule has 3 heteroatoms. The molecule has 0 bridgehead atoms. The average molecular weight is 265 g/mol. The van der Waals surface area contributed by atoms with Gasteiger partial charge in [-0.1, -0.05) is 24.0 Å². The minimum Gasteiger partial charge on any atom is -0.492 e. The van der Waals surface area contributed by atoms with Crippen molar-refractivity contribution in [2.75, 3.05) is 25.7 Å². The summed E-state index contributed by atoms with van der Waals surface area (Å²) in [6.07, 6.45) is 2.16. The van der Waals surface area contributed by atoms with Gasteiger partial charge in [-0.3, -0.25) is 0 Å². The molecule has 0 amide bonds. The number of halogens is 1. The van der Waals surface area contributed by atoms with Crippen LogP contribution in [-0.4, -0.2) is 25.7 Å². The molecule has 0 aromatic heterocycles. The van der Waals surface area contributed by atoms with E-state index in [1.807, 2.05) is 24.3 Å². The number of hydrogen-bond donors (Lipinski definition) is 0. The Balaban J connectivity index is 1.95. The lowest BCUT2D eigenvalue weighted by atomic mass is 10.0. The van der Waals surface area contributed by atoms with Gasteiger partial charge in [0, 0.05) is 13.2 Å². The zero-order valence-electron chi connectivity index (χ0n) is 10.3. The monoisotopic (exact) mass is 264 g/mol. The van der Waals surface area contributed by atoms with Crippen molar-refractivity contribution in [3.63, 3.8) is 0 Å². The van der Waals surface area contributed by atoms with Gasteiger partial charge in [0.05, 0.1) is 18.1 Å². The quantitative estimate of drug-likeness (QED) is 0.617. The first kappa shape index (κ1) is 13.3. The third-order valence-electron chi connectivity index (χ3n) is 2.99. The summed E-state index contributed by atoms with van der Waals surface area (Å²) < 4.78 is 11.2. The number of rotatable bonds is 3. The van der Waals surface area contributed by atoms with E-state index in [0.29, 0.717) is 11.8 Å². The van der Waals surface area contributed by atoms with E-state index >= 15 is 0 Å². The van der Waals surface area contributed by atoms with Crippen LogP contribution in [0.1, 0.15) is 18.4 Å². The predicted octanol–water partition coefficient (Wildman–Crippen LogP) is 3.08. The fraction of sp³-hybridized carbons (Fsp3) is 0.467. The van der Waals surface area contributed by atoms with E-state index in [-0.39, 0.29) is 0 Å². The van der Waals surface area contributed by atoms with Crippen molar-refractivity contribution >= 4 is 11.6 Å². The molecule has 0 atom stereocenters. The highest BCUT2D eigenvalue weighted by Crippen LogP contribution is 2.20. The molecule has 0 spiro atoms. The summed E-state index contributed by atoms with van der Waals surface area (Å²) >= 11 is 5.57. The van der Waals surface area contributed by atoms with Crippen molar-refractivity contribution in [2.45, 2.75) is 12.8 Å². The van der Waals surface area contributed by atoms with Gasteiger partial charge in [0.1, 0.15) is 5.75 Å². The van der Waals surface area contributed by atoms with Crippen molar-refractivity contribution in [2.24, 2.45) is 5.92 Å². The first-order chi connectivity index (χ1) is 8.90. The van der Waals surface area contributed by atoms with E-state index < -0.39 is 0 Å². The number of benzene rings is 1. The number of alkyl halides is 1. The van der Waals surface area contributed by atoms with Gasteiger partial charge < -0.3 is 9.47 Å². The number of hydrogen-bond acceptors (Lipinski definition) is 2. The molecular formula is C15H17ClO2. The summed E-state index contributed by atoms with van der Waals surface area (Å²) in [7, 11) is 0. The normalized spacial score (nSPS) is 15.8. The fourth-order valence-corrected chi connectivity index (χ4v) is 2.01. The zero-order valence-corrected chi connectivity index (χ0v) is 11.1. The van der Waals surface area contributed by atoms with E-state index in [9.17, 15) is 0 Å². The largest absolute Gasteiger partial charge is 0.492 e. The van der Waals surface area contributed by atoms with E-state index in [0.717, 1.165) is 44.0 Å². The van der Waals surface area contributed by atoms with Crippen LogP contribution < -0.4 is 4.74 Å². The molecule has 0 aliphatic carbocycles. The molecule has 0 saturated carbocycles. The Morgan fingerprint density at radius 1 is 1.28 bits per heavy atom. The minimum atomic E-state index is 0.342. The molecule has 1 fully saturated rings. The molecule has 0 unspecified atom stereocenters. The van der Waals surface area contributed by atoms with Gasteiger partial charge >= 0.3 is 0 Å². The van der Waals surface area contributed by atoms with Crippen LogP contribution in [0.25, 0.3) is 0 Å². The molecule has 96 valence electrons. The second kappa shape index (κ2) is 7.31. The van der Waals surface area contributed by atoms with Crippen LogP contribution in [0.3, 0.4) is 0 Å². The summed E-state index contributed by atoms with van der Waals surface area (Å²) in [4.78, 5) is 0. The SMILES string of the molecule is ClCC#Cc1ccccc1OCC1CCOCC1. The van der Waals surface area contributed by atoms with Gasteiger partial charge in [-0.2, -0.15) is 0 Å². The Bertz CT molecular complexity index is 428. The van der Waals surface area contributed by atoms with Gasteiger partial charge in [-0.25, -0.2) is 0 Å². The highest BCUT2D eigenvalue weighted by Gasteiger charge is 2.14. The van der Waals surface area contributed by atoms with Crippen LogP contribution in [0.2, 0.25) is 0 Å². The Kier molecular flexibility index (Phi) is 5.38. The minimum absolute atomic E-state index is 0.342. The highest BCUT2D eigenvalue weighted by molar-refractivity contribution is 6.19. The van der Waals surface area contributed by atoms with E-state index in [2.05, 4.69) is 11.8 Å². The summed E-state index contributed by atoms with van der Waals surface area (Å²) in [5, 5.41) is 0. The Hall–Kier alpha value is -1.17. The van der Waals surface area contributed by atoms with Crippen LogP contribution in [-0.2, 0) is 4.74 Å². The van der Waals surface area contributed by atoms with E-state index in [1.54, 1.807) is 0 Å². The molecular weight excluding hydrogens is 248 g/mol. The average Bonchev–Trinajstić information content (AvgIpc) is 2.45. The highest BCUT2D eigenvalue weighted by atomic mass is 35.5. The van der Waals surface area contributed by atoms with Crippen molar-refractivity contribution in [1.82, 2.24) is 0 Å². The predicted molar refractivity (Wildman–Crippen MR) is 73.1 cm³/mol. The molecule has 0 radical (unpaired) electrons. The van der Waals surface area contributed by atoms with E-state index in [4.69, 9.17) is 21.1 Å². The standard InChI is InChI=1S/C15H17ClO2/c16-9-3-5-14-4-1-2-6-15(14)18-12-13-7-10-17-11-8-13/h1-2,4,6,13H,7-12H2. The Labute approximate surface area is 113 Å². The Morgan fingerprint density at radius 3 is 2.83 bits per heavy atom. The van der Waals surface area contributed by atoms with E-state index in [1.165, 1.54) is 0 Å². The van der Waals surface area contributed by atoms with Crippen LogP contribution in [0.5, 0.6) is 5.75 Å². The molecule has 1 aliphatic rings. The second-order valence-corrected chi connectivity index (χ2v) is 4.57. The van der Waals surface area contributed by atoms with Crippen molar-refractivity contribution < 1.29 is 9.47 Å². The van der Waals surface area contributed by atoms with Crippen molar-refractivity contribution in [3.05, 3.63) is 29.8 Å². The van der Waals surface area contributed by atoms with Crippen molar-refractivity contribution in [1.29, 1.82) is 0 Å². The third kappa shape index (κ3) is 3.94. The lowest BCUT2D eigenvalue weighted by molar-refractivity contribution is 0.0497. The molecule has 0 N–H and O–H groups in total. The summed E-state index contributed by atoms with van der Waals surface area (Å²) in [6, 6.07) is 7.83. The fourth-order valence-electron chi connectivity index (χ4n) is 1.95. The summed E-state index contributed by atoms with van der Waals surface area (Å²) in [5.41, 5.74) is 0.908. The molecule has 1 aromatic carbocycles. The van der Waals surface area contributed by atoms with Gasteiger partial charge in [-0.05, 0) is 30.9 Å². The lowest BCUT2D eigenvalue weighted by Crippen LogP contribution is -2.21. The molecule has 1 heterocycles. The van der Waals surface area contributed by atoms with Crippen LogP contribution in [0, 0.1) is 17.8 Å². The van der Waals surface area contributed by atoms with Gasteiger partial charge in [0.15, 0.2) is 0 Å². The second-order valence-electron chi connectivity index (χ2n) is 4.30. The molecule has 1 aliphatic heterocycles. The molecule has 1 aromatic rings. The molecule has 18 heavy (non-hydrogen) atoms. The molecule has 2 rings (SSSR count). The molecule has 2 nitrogen and oxygen atoms in total. The van der Waals surface area contributed by atoms with Gasteiger partial charge in [0.2, 0.25) is 0 Å². The maximum absolute atomic E-state index is 5.87.